The summed E-state index contributed by atoms with van der Waals surface area (Å²) in [4.78, 5) is 0. The second kappa shape index (κ2) is 8.73. The van der Waals surface area contributed by atoms with Crippen LogP contribution in [0.1, 0.15) is 11.1 Å². The first-order valence-electron chi connectivity index (χ1n) is 7.91. The van der Waals surface area contributed by atoms with Crippen LogP contribution in [0.5, 0.6) is 0 Å². The lowest BCUT2D eigenvalue weighted by Gasteiger charge is -2.25. The highest BCUT2D eigenvalue weighted by Gasteiger charge is 2.11. The first-order chi connectivity index (χ1) is 11.9. The Bertz CT molecular complexity index is 750. The Hall–Kier alpha value is -2.02. The van der Waals surface area contributed by atoms with Crippen LogP contribution in [0.25, 0.3) is 0 Å². The maximum Gasteiger partial charge on any atom is 0.0747 e. The van der Waals surface area contributed by atoms with E-state index in [9.17, 15) is 0 Å². The molecule has 4 heteroatoms. The Kier molecular flexibility index (Phi) is 6.12. The summed E-state index contributed by atoms with van der Waals surface area (Å²) < 4.78 is 2.20. The van der Waals surface area contributed by atoms with Crippen molar-refractivity contribution in [3.8, 4) is 0 Å². The van der Waals surface area contributed by atoms with E-state index in [1.54, 1.807) is 0 Å². The second-order valence-corrected chi connectivity index (χ2v) is 6.73. The number of nitrogens with one attached hydrogen (secondary N) is 1. The van der Waals surface area contributed by atoms with Crippen molar-refractivity contribution in [2.75, 3.05) is 9.99 Å². The van der Waals surface area contributed by atoms with E-state index < -0.39 is 0 Å². The van der Waals surface area contributed by atoms with E-state index in [2.05, 4.69) is 82.8 Å². The van der Waals surface area contributed by atoms with Gasteiger partial charge in [0.15, 0.2) is 0 Å². The van der Waals surface area contributed by atoms with E-state index in [1.165, 1.54) is 11.1 Å². The van der Waals surface area contributed by atoms with Gasteiger partial charge < -0.3 is 9.99 Å². The number of para-hydroxylation sites is 2. The minimum absolute atomic E-state index is 0.185. The summed E-state index contributed by atoms with van der Waals surface area (Å²) in [6, 6.07) is 29.1. The third kappa shape index (κ3) is 4.50. The minimum atomic E-state index is 0.185. The van der Waals surface area contributed by atoms with E-state index >= 15 is 0 Å². The fourth-order valence-electron chi connectivity index (χ4n) is 2.58. The summed E-state index contributed by atoms with van der Waals surface area (Å²) in [7, 11) is 0.185. The number of halogens is 1. The monoisotopic (exact) mass is 354 g/mol. The van der Waals surface area contributed by atoms with Crippen LogP contribution in [0.4, 0.5) is 11.4 Å². The molecule has 0 aromatic heterocycles. The van der Waals surface area contributed by atoms with Gasteiger partial charge in [-0.05, 0) is 23.3 Å². The van der Waals surface area contributed by atoms with E-state index in [0.717, 1.165) is 24.5 Å². The van der Waals surface area contributed by atoms with Crippen molar-refractivity contribution in [3.05, 3.63) is 96.1 Å². The van der Waals surface area contributed by atoms with Gasteiger partial charge in [0.25, 0.3) is 0 Å². The van der Waals surface area contributed by atoms with Crippen LogP contribution in [0.3, 0.4) is 0 Å². The molecule has 3 aromatic carbocycles. The smallest absolute Gasteiger partial charge is 0.0747 e. The molecule has 24 heavy (non-hydrogen) atoms. The molecule has 2 nitrogen and oxygen atoms in total. The lowest BCUT2D eigenvalue weighted by Crippen LogP contribution is -2.13. The topological polar surface area (TPSA) is 15.3 Å². The fourth-order valence-corrected chi connectivity index (χ4v) is 3.56. The SMILES string of the molecule is ClPN(Cc1ccccc1)c1ccccc1NCc1ccccc1. The predicted molar refractivity (Wildman–Crippen MR) is 107 cm³/mol. The van der Waals surface area contributed by atoms with Gasteiger partial charge in [-0.1, -0.05) is 84.0 Å². The standard InChI is InChI=1S/C20H20ClN2P/c21-24-23(16-18-11-5-2-6-12-18)20-14-8-7-13-19(20)22-15-17-9-3-1-4-10-17/h1-14,22,24H,15-16H2. The Balaban J connectivity index is 1.76. The zero-order valence-electron chi connectivity index (χ0n) is 13.3. The Morgan fingerprint density at radius 2 is 1.33 bits per heavy atom. The molecule has 1 unspecified atom stereocenters. The molecule has 0 spiro atoms. The van der Waals surface area contributed by atoms with Crippen molar-refractivity contribution < 1.29 is 0 Å². The first-order valence-corrected chi connectivity index (χ1v) is 9.87. The van der Waals surface area contributed by atoms with Gasteiger partial charge >= 0.3 is 0 Å². The first kappa shape index (κ1) is 16.8. The van der Waals surface area contributed by atoms with Crippen LogP contribution in [0.15, 0.2) is 84.9 Å². The van der Waals surface area contributed by atoms with Gasteiger partial charge in [-0.3, -0.25) is 0 Å². The number of nitrogens with zero attached hydrogens (tertiary/aromatic N) is 1. The van der Waals surface area contributed by atoms with E-state index in [0.29, 0.717) is 0 Å². The zero-order valence-corrected chi connectivity index (χ0v) is 15.1. The molecule has 0 fully saturated rings. The summed E-state index contributed by atoms with van der Waals surface area (Å²) >= 11 is 6.27. The Labute approximate surface area is 150 Å². The van der Waals surface area contributed by atoms with Crippen molar-refractivity contribution in [1.82, 2.24) is 0 Å². The Morgan fingerprint density at radius 1 is 0.750 bits per heavy atom. The van der Waals surface area contributed by atoms with Gasteiger partial charge in [-0.2, -0.15) is 0 Å². The highest BCUT2D eigenvalue weighted by molar-refractivity contribution is 7.69. The molecule has 3 aromatic rings. The largest absolute Gasteiger partial charge is 0.379 e. The maximum absolute atomic E-state index is 6.27. The molecule has 1 atom stereocenters. The van der Waals surface area contributed by atoms with E-state index in [4.69, 9.17) is 11.2 Å². The van der Waals surface area contributed by atoms with Crippen molar-refractivity contribution >= 4 is 30.7 Å². The van der Waals surface area contributed by atoms with Crippen LogP contribution >= 0.6 is 19.3 Å². The van der Waals surface area contributed by atoms with Crippen LogP contribution in [0.2, 0.25) is 0 Å². The molecule has 3 rings (SSSR count). The third-order valence-corrected chi connectivity index (χ3v) is 5.02. The summed E-state index contributed by atoms with van der Waals surface area (Å²) in [5.41, 5.74) is 4.75. The van der Waals surface area contributed by atoms with Crippen molar-refractivity contribution in [1.29, 1.82) is 0 Å². The number of anilines is 2. The summed E-state index contributed by atoms with van der Waals surface area (Å²) in [5.74, 6) is 0. The minimum Gasteiger partial charge on any atom is -0.379 e. The quantitative estimate of drug-likeness (QED) is 0.519. The van der Waals surface area contributed by atoms with Gasteiger partial charge in [0.2, 0.25) is 0 Å². The molecule has 0 radical (unpaired) electrons. The van der Waals surface area contributed by atoms with Crippen LogP contribution in [-0.4, -0.2) is 0 Å². The van der Waals surface area contributed by atoms with Crippen LogP contribution in [-0.2, 0) is 13.1 Å². The molecule has 0 aliphatic carbocycles. The third-order valence-electron chi connectivity index (χ3n) is 3.81. The van der Waals surface area contributed by atoms with E-state index in [-0.39, 0.29) is 8.08 Å². The normalized spacial score (nSPS) is 10.9. The lowest BCUT2D eigenvalue weighted by atomic mass is 10.2. The highest BCUT2D eigenvalue weighted by atomic mass is 35.7. The molecular weight excluding hydrogens is 335 g/mol. The average Bonchev–Trinajstić information content (AvgIpc) is 2.66. The average molecular weight is 355 g/mol. The molecule has 0 saturated carbocycles. The van der Waals surface area contributed by atoms with Gasteiger partial charge in [0.05, 0.1) is 19.5 Å². The molecule has 1 N–H and O–H groups in total. The Morgan fingerprint density at radius 3 is 2.00 bits per heavy atom. The second-order valence-electron chi connectivity index (χ2n) is 5.51. The fraction of sp³-hybridized carbons (Fsp3) is 0.100. The zero-order chi connectivity index (χ0) is 16.6. The lowest BCUT2D eigenvalue weighted by molar-refractivity contribution is 1.05. The van der Waals surface area contributed by atoms with E-state index in [1.807, 2.05) is 12.1 Å². The van der Waals surface area contributed by atoms with Gasteiger partial charge in [0.1, 0.15) is 0 Å². The van der Waals surface area contributed by atoms with Crippen LogP contribution in [0, 0.1) is 0 Å². The van der Waals surface area contributed by atoms with Crippen molar-refractivity contribution in [2.24, 2.45) is 0 Å². The van der Waals surface area contributed by atoms with Gasteiger partial charge in [0, 0.05) is 13.1 Å². The van der Waals surface area contributed by atoms with Gasteiger partial charge in [-0.25, -0.2) is 0 Å². The molecule has 0 saturated heterocycles. The number of hydrogen-bond donors (Lipinski definition) is 1. The molecule has 0 aliphatic heterocycles. The summed E-state index contributed by atoms with van der Waals surface area (Å²) in [6.07, 6.45) is 0. The molecule has 0 amide bonds. The number of rotatable bonds is 7. The van der Waals surface area contributed by atoms with Crippen LogP contribution < -0.4 is 9.99 Å². The highest BCUT2D eigenvalue weighted by Crippen LogP contribution is 2.37. The number of hydrogen-bond acceptors (Lipinski definition) is 2. The summed E-state index contributed by atoms with van der Waals surface area (Å²) in [6.45, 7) is 1.59. The number of benzene rings is 3. The molecule has 0 bridgehead atoms. The summed E-state index contributed by atoms with van der Waals surface area (Å²) in [5, 5.41) is 3.53. The maximum atomic E-state index is 6.27. The molecule has 0 aliphatic rings. The predicted octanol–water partition coefficient (Wildman–Crippen LogP) is 6.05. The van der Waals surface area contributed by atoms with Gasteiger partial charge in [-0.15, -0.1) is 0 Å². The van der Waals surface area contributed by atoms with Crippen molar-refractivity contribution in [3.63, 3.8) is 0 Å². The molecular formula is C20H20ClN2P. The molecule has 0 heterocycles. The van der Waals surface area contributed by atoms with Crippen molar-refractivity contribution in [2.45, 2.75) is 13.1 Å². The molecule has 122 valence electrons.